The summed E-state index contributed by atoms with van der Waals surface area (Å²) in [6, 6.07) is 13.0. The van der Waals surface area contributed by atoms with Gasteiger partial charge in [-0.05, 0) is 41.7 Å². The Morgan fingerprint density at radius 2 is 1.87 bits per heavy atom. The molecule has 0 aromatic heterocycles. The van der Waals surface area contributed by atoms with Gasteiger partial charge in [0.2, 0.25) is 0 Å². The third-order valence-electron chi connectivity index (χ3n) is 6.00. The van der Waals surface area contributed by atoms with Crippen molar-refractivity contribution in [3.05, 3.63) is 71.0 Å². The number of nitrogens with zero attached hydrogens (tertiary/aromatic N) is 1. The van der Waals surface area contributed by atoms with E-state index in [0.29, 0.717) is 13.0 Å². The van der Waals surface area contributed by atoms with Crippen LogP contribution in [0.5, 0.6) is 0 Å². The molecule has 2 aliphatic heterocycles. The van der Waals surface area contributed by atoms with Crippen molar-refractivity contribution >= 4 is 15.7 Å². The highest BCUT2D eigenvalue weighted by molar-refractivity contribution is 7.91. The molecule has 2 aromatic rings. The van der Waals surface area contributed by atoms with Crippen molar-refractivity contribution in [1.29, 1.82) is 0 Å². The number of carbonyl (C=O) groups is 1. The molecule has 0 radical (unpaired) electrons. The normalized spacial score (nSPS) is 26.8. The van der Waals surface area contributed by atoms with E-state index in [1.165, 1.54) is 12.1 Å². The van der Waals surface area contributed by atoms with Crippen LogP contribution in [0.3, 0.4) is 0 Å². The molecule has 4 rings (SSSR count). The van der Waals surface area contributed by atoms with Crippen LogP contribution in [0, 0.1) is 5.82 Å². The summed E-state index contributed by atoms with van der Waals surface area (Å²) in [7, 11) is -3.36. The van der Waals surface area contributed by atoms with Gasteiger partial charge in [0.15, 0.2) is 9.84 Å². The zero-order valence-electron chi connectivity index (χ0n) is 16.7. The number of benzene rings is 2. The standard InChI is InChI=1S/C22H25FN2O4S/c1-30(27,28)20-13-29-19(12-18(20)24)22(26)25-11-10-14-4-2-3-5-17(14)21(25)15-6-8-16(23)9-7-15/h2-9,18-21H,10-13,24H2,1H3/t18-,19+,20+,21-/m0/s1. The largest absolute Gasteiger partial charge is 0.367 e. The van der Waals surface area contributed by atoms with Gasteiger partial charge in [-0.15, -0.1) is 0 Å². The Labute approximate surface area is 175 Å². The summed E-state index contributed by atoms with van der Waals surface area (Å²) in [6.45, 7) is 0.393. The average Bonchev–Trinajstić information content (AvgIpc) is 2.72. The molecule has 4 atom stereocenters. The first-order valence-corrected chi connectivity index (χ1v) is 11.9. The Balaban J connectivity index is 1.64. The third-order valence-corrected chi connectivity index (χ3v) is 7.59. The van der Waals surface area contributed by atoms with Crippen molar-refractivity contribution < 1.29 is 22.3 Å². The minimum atomic E-state index is -3.36. The zero-order chi connectivity index (χ0) is 21.5. The number of fused-ring (bicyclic) bond motifs is 1. The van der Waals surface area contributed by atoms with Gasteiger partial charge in [-0.25, -0.2) is 12.8 Å². The number of halogens is 1. The number of amides is 1. The zero-order valence-corrected chi connectivity index (χ0v) is 17.5. The average molecular weight is 433 g/mol. The second-order valence-electron chi connectivity index (χ2n) is 8.02. The van der Waals surface area contributed by atoms with E-state index >= 15 is 0 Å². The third kappa shape index (κ3) is 3.99. The van der Waals surface area contributed by atoms with Crippen LogP contribution in [0.15, 0.2) is 48.5 Å². The molecular formula is C22H25FN2O4S. The minimum Gasteiger partial charge on any atom is -0.367 e. The molecule has 6 nitrogen and oxygen atoms in total. The SMILES string of the molecule is CS(=O)(=O)[C@@H]1CO[C@@H](C(=O)N2CCc3ccccc3[C@@H]2c2ccc(F)cc2)C[C@@H]1N. The van der Waals surface area contributed by atoms with Crippen LogP contribution in [0.4, 0.5) is 4.39 Å². The summed E-state index contributed by atoms with van der Waals surface area (Å²) in [5.41, 5.74) is 9.05. The predicted molar refractivity (Wildman–Crippen MR) is 111 cm³/mol. The van der Waals surface area contributed by atoms with E-state index in [0.717, 1.165) is 22.9 Å². The van der Waals surface area contributed by atoms with Gasteiger partial charge >= 0.3 is 0 Å². The molecule has 0 spiro atoms. The van der Waals surface area contributed by atoms with E-state index in [2.05, 4.69) is 0 Å². The van der Waals surface area contributed by atoms with Crippen molar-refractivity contribution in [3.8, 4) is 0 Å². The molecule has 0 saturated carbocycles. The summed E-state index contributed by atoms with van der Waals surface area (Å²) in [5.74, 6) is -0.560. The molecule has 2 heterocycles. The van der Waals surface area contributed by atoms with Crippen molar-refractivity contribution in [2.75, 3.05) is 19.4 Å². The lowest BCUT2D eigenvalue weighted by molar-refractivity contribution is -0.149. The fourth-order valence-electron chi connectivity index (χ4n) is 4.41. The molecule has 1 saturated heterocycles. The van der Waals surface area contributed by atoms with Crippen LogP contribution in [-0.4, -0.2) is 56.0 Å². The number of ether oxygens (including phenoxy) is 1. The maximum Gasteiger partial charge on any atom is 0.252 e. The molecule has 2 aliphatic rings. The molecule has 0 aliphatic carbocycles. The van der Waals surface area contributed by atoms with Gasteiger partial charge in [0.25, 0.3) is 5.91 Å². The highest BCUT2D eigenvalue weighted by Crippen LogP contribution is 2.36. The lowest BCUT2D eigenvalue weighted by Gasteiger charge is -2.41. The smallest absolute Gasteiger partial charge is 0.252 e. The van der Waals surface area contributed by atoms with Crippen LogP contribution in [0.2, 0.25) is 0 Å². The fraction of sp³-hybridized carbons (Fsp3) is 0.409. The molecule has 1 amide bonds. The monoisotopic (exact) mass is 432 g/mol. The molecule has 2 aromatic carbocycles. The fourth-order valence-corrected chi connectivity index (χ4v) is 5.48. The lowest BCUT2D eigenvalue weighted by Crippen LogP contribution is -2.55. The summed E-state index contributed by atoms with van der Waals surface area (Å²) < 4.78 is 43.0. The van der Waals surface area contributed by atoms with E-state index in [-0.39, 0.29) is 30.8 Å². The van der Waals surface area contributed by atoms with Crippen LogP contribution in [0.1, 0.15) is 29.2 Å². The maximum atomic E-state index is 13.5. The van der Waals surface area contributed by atoms with Gasteiger partial charge in [0, 0.05) is 18.8 Å². The molecule has 0 bridgehead atoms. The highest BCUT2D eigenvalue weighted by Gasteiger charge is 2.42. The molecule has 30 heavy (non-hydrogen) atoms. The molecule has 1 fully saturated rings. The van der Waals surface area contributed by atoms with E-state index < -0.39 is 27.2 Å². The van der Waals surface area contributed by atoms with E-state index in [9.17, 15) is 17.6 Å². The molecule has 2 N–H and O–H groups in total. The Kier molecular flexibility index (Phi) is 5.65. The predicted octanol–water partition coefficient (Wildman–Crippen LogP) is 1.83. The molecule has 0 unspecified atom stereocenters. The van der Waals surface area contributed by atoms with Gasteiger partial charge in [0.05, 0.1) is 17.9 Å². The van der Waals surface area contributed by atoms with Crippen molar-refractivity contribution in [1.82, 2.24) is 4.90 Å². The molecule has 8 heteroatoms. The van der Waals surface area contributed by atoms with E-state index in [1.54, 1.807) is 17.0 Å². The number of sulfone groups is 1. The van der Waals surface area contributed by atoms with Crippen LogP contribution >= 0.6 is 0 Å². The molecular weight excluding hydrogens is 407 g/mol. The lowest BCUT2D eigenvalue weighted by atomic mass is 9.87. The second-order valence-corrected chi connectivity index (χ2v) is 10.3. The highest BCUT2D eigenvalue weighted by atomic mass is 32.2. The van der Waals surface area contributed by atoms with Crippen LogP contribution in [0.25, 0.3) is 0 Å². The Hall–Kier alpha value is -2.29. The van der Waals surface area contributed by atoms with Gasteiger partial charge in [-0.1, -0.05) is 36.4 Å². The first-order chi connectivity index (χ1) is 14.3. The Bertz CT molecular complexity index is 1040. The maximum absolute atomic E-state index is 13.5. The van der Waals surface area contributed by atoms with Crippen LogP contribution in [-0.2, 0) is 25.8 Å². The quantitative estimate of drug-likeness (QED) is 0.799. The number of carbonyl (C=O) groups excluding carboxylic acids is 1. The summed E-state index contributed by atoms with van der Waals surface area (Å²) in [6.07, 6.45) is 1.18. The number of hydrogen-bond donors (Lipinski definition) is 1. The summed E-state index contributed by atoms with van der Waals surface area (Å²) >= 11 is 0. The second kappa shape index (κ2) is 8.09. The van der Waals surface area contributed by atoms with Gasteiger partial charge in [-0.3, -0.25) is 4.79 Å². The number of rotatable bonds is 3. The van der Waals surface area contributed by atoms with E-state index in [4.69, 9.17) is 10.5 Å². The van der Waals surface area contributed by atoms with Crippen LogP contribution < -0.4 is 5.73 Å². The number of hydrogen-bond acceptors (Lipinski definition) is 5. The van der Waals surface area contributed by atoms with Gasteiger partial charge < -0.3 is 15.4 Å². The first kappa shape index (κ1) is 21.0. The van der Waals surface area contributed by atoms with Gasteiger partial charge in [-0.2, -0.15) is 0 Å². The summed E-state index contributed by atoms with van der Waals surface area (Å²) in [4.78, 5) is 15.2. The minimum absolute atomic E-state index is 0.0952. The Morgan fingerprint density at radius 1 is 1.17 bits per heavy atom. The number of nitrogens with two attached hydrogens (primary N) is 1. The van der Waals surface area contributed by atoms with Crippen molar-refractivity contribution in [2.24, 2.45) is 5.73 Å². The Morgan fingerprint density at radius 3 is 2.53 bits per heavy atom. The summed E-state index contributed by atoms with van der Waals surface area (Å²) in [5, 5.41) is -0.809. The van der Waals surface area contributed by atoms with Crippen molar-refractivity contribution in [3.63, 3.8) is 0 Å². The van der Waals surface area contributed by atoms with Gasteiger partial charge in [0.1, 0.15) is 11.9 Å². The van der Waals surface area contributed by atoms with E-state index in [1.807, 2.05) is 24.3 Å². The first-order valence-electron chi connectivity index (χ1n) is 9.95. The molecule has 160 valence electrons. The van der Waals surface area contributed by atoms with Crippen molar-refractivity contribution in [2.45, 2.75) is 36.3 Å². The topological polar surface area (TPSA) is 89.7 Å².